The minimum atomic E-state index is -0.459. The van der Waals surface area contributed by atoms with Crippen LogP contribution in [0.5, 0.6) is 0 Å². The summed E-state index contributed by atoms with van der Waals surface area (Å²) in [7, 11) is 0. The van der Waals surface area contributed by atoms with Crippen molar-refractivity contribution < 1.29 is 9.53 Å². The van der Waals surface area contributed by atoms with E-state index < -0.39 is 5.60 Å². The number of nitrogens with zero attached hydrogens (tertiary/aromatic N) is 4. The molecule has 1 amide bonds. The Morgan fingerprint density at radius 1 is 1.32 bits per heavy atom. The molecule has 2 N–H and O–H groups in total. The zero-order valence-electron chi connectivity index (χ0n) is 15.0. The number of ether oxygens (including phenoxy) is 1. The molecule has 3 heterocycles. The van der Waals surface area contributed by atoms with Crippen LogP contribution in [-0.4, -0.2) is 44.4 Å². The average molecular weight is 343 g/mol. The van der Waals surface area contributed by atoms with Crippen LogP contribution in [-0.2, 0) is 11.3 Å². The molecule has 0 bridgehead atoms. The Morgan fingerprint density at radius 3 is 2.80 bits per heavy atom. The minimum Gasteiger partial charge on any atom is -0.444 e. The number of hydrogen-bond acceptors (Lipinski definition) is 5. The largest absolute Gasteiger partial charge is 0.444 e. The summed E-state index contributed by atoms with van der Waals surface area (Å²) in [5.74, 6) is 0.883. The van der Waals surface area contributed by atoms with Crippen molar-refractivity contribution in [1.82, 2.24) is 19.7 Å². The fraction of sp³-hybridized carbons (Fsp3) is 0.500. The molecule has 1 fully saturated rings. The predicted octanol–water partition coefficient (Wildman–Crippen LogP) is 2.78. The van der Waals surface area contributed by atoms with Crippen molar-refractivity contribution in [3.8, 4) is 11.1 Å². The van der Waals surface area contributed by atoms with Gasteiger partial charge in [0.1, 0.15) is 11.4 Å². The first-order valence-corrected chi connectivity index (χ1v) is 8.52. The molecule has 0 aromatic carbocycles. The monoisotopic (exact) mass is 343 g/mol. The van der Waals surface area contributed by atoms with Crippen LogP contribution in [0.3, 0.4) is 0 Å². The van der Waals surface area contributed by atoms with Crippen molar-refractivity contribution in [2.45, 2.75) is 39.3 Å². The van der Waals surface area contributed by atoms with E-state index in [0.29, 0.717) is 18.3 Å². The Hall–Kier alpha value is -2.57. The Kier molecular flexibility index (Phi) is 4.65. The summed E-state index contributed by atoms with van der Waals surface area (Å²) in [4.78, 5) is 18.0. The number of amides is 1. The minimum absolute atomic E-state index is 0.232. The number of carbonyl (C=O) groups is 1. The highest BCUT2D eigenvalue weighted by Gasteiger charge is 2.30. The topological polar surface area (TPSA) is 86.3 Å². The Balaban J connectivity index is 1.57. The van der Waals surface area contributed by atoms with Crippen LogP contribution in [0.25, 0.3) is 11.1 Å². The number of nitrogen functional groups attached to an aromatic ring is 1. The van der Waals surface area contributed by atoms with Crippen LogP contribution >= 0.6 is 0 Å². The van der Waals surface area contributed by atoms with E-state index in [9.17, 15) is 4.79 Å². The van der Waals surface area contributed by atoms with E-state index in [1.807, 2.05) is 43.9 Å². The third-order valence-electron chi connectivity index (χ3n) is 4.14. The molecule has 0 radical (unpaired) electrons. The van der Waals surface area contributed by atoms with Crippen LogP contribution in [0.1, 0.15) is 27.2 Å². The first-order chi connectivity index (χ1) is 11.8. The van der Waals surface area contributed by atoms with E-state index in [0.717, 1.165) is 30.6 Å². The summed E-state index contributed by atoms with van der Waals surface area (Å²) in [6.07, 6.45) is 6.30. The lowest BCUT2D eigenvalue weighted by molar-refractivity contribution is 0.0287. The summed E-state index contributed by atoms with van der Waals surface area (Å²) in [6, 6.07) is 3.71. The third-order valence-corrected chi connectivity index (χ3v) is 4.14. The van der Waals surface area contributed by atoms with Gasteiger partial charge < -0.3 is 15.4 Å². The maximum atomic E-state index is 12.1. The standard InChI is InChI=1S/C18H25N5O2/c1-18(2,3)25-17(24)22-7-6-13(10-22)11-23-12-15(9-21-23)14-4-5-16(19)20-8-14/h4-5,8-9,12-13H,6-7,10-11H2,1-3H3,(H2,19,20). The van der Waals surface area contributed by atoms with E-state index in [4.69, 9.17) is 10.5 Å². The first-order valence-electron chi connectivity index (χ1n) is 8.52. The van der Waals surface area contributed by atoms with Crippen molar-refractivity contribution in [1.29, 1.82) is 0 Å². The SMILES string of the molecule is CC(C)(C)OC(=O)N1CCC(Cn2cc(-c3ccc(N)nc3)cn2)C1. The summed E-state index contributed by atoms with van der Waals surface area (Å²) in [5, 5.41) is 4.43. The van der Waals surface area contributed by atoms with E-state index in [1.54, 1.807) is 17.2 Å². The van der Waals surface area contributed by atoms with Gasteiger partial charge in [0, 0.05) is 43.2 Å². The lowest BCUT2D eigenvalue weighted by atomic mass is 10.1. The molecule has 1 atom stereocenters. The molecule has 0 spiro atoms. The zero-order valence-corrected chi connectivity index (χ0v) is 15.0. The Labute approximate surface area is 147 Å². The van der Waals surface area contributed by atoms with Gasteiger partial charge in [-0.15, -0.1) is 0 Å². The van der Waals surface area contributed by atoms with Gasteiger partial charge in [-0.25, -0.2) is 9.78 Å². The summed E-state index contributed by atoms with van der Waals surface area (Å²) >= 11 is 0. The van der Waals surface area contributed by atoms with Crippen molar-refractivity contribution in [2.24, 2.45) is 5.92 Å². The fourth-order valence-electron chi connectivity index (χ4n) is 2.93. The molecule has 2 aromatic heterocycles. The molecule has 1 saturated heterocycles. The highest BCUT2D eigenvalue weighted by molar-refractivity contribution is 5.68. The second kappa shape index (κ2) is 6.74. The fourth-order valence-corrected chi connectivity index (χ4v) is 2.93. The van der Waals surface area contributed by atoms with Crippen LogP contribution in [0.2, 0.25) is 0 Å². The molecule has 1 unspecified atom stereocenters. The maximum absolute atomic E-state index is 12.1. The molecule has 1 aliphatic heterocycles. The van der Waals surface area contributed by atoms with Crippen molar-refractivity contribution in [3.63, 3.8) is 0 Å². The summed E-state index contributed by atoms with van der Waals surface area (Å²) in [5.41, 5.74) is 7.16. The van der Waals surface area contributed by atoms with Crippen LogP contribution < -0.4 is 5.73 Å². The average Bonchev–Trinajstić information content (AvgIpc) is 3.16. The molecule has 0 aliphatic carbocycles. The van der Waals surface area contributed by atoms with Gasteiger partial charge in [-0.1, -0.05) is 0 Å². The molecule has 2 aromatic rings. The molecule has 7 nitrogen and oxygen atoms in total. The number of carbonyl (C=O) groups excluding carboxylic acids is 1. The van der Waals surface area contributed by atoms with Crippen LogP contribution in [0.15, 0.2) is 30.7 Å². The van der Waals surface area contributed by atoms with E-state index in [1.165, 1.54) is 0 Å². The lowest BCUT2D eigenvalue weighted by Gasteiger charge is -2.24. The second-order valence-corrected chi connectivity index (χ2v) is 7.50. The molecule has 0 saturated carbocycles. The van der Waals surface area contributed by atoms with Gasteiger partial charge >= 0.3 is 6.09 Å². The molecule has 134 valence electrons. The zero-order chi connectivity index (χ0) is 18.0. The third kappa shape index (κ3) is 4.49. The van der Waals surface area contributed by atoms with Gasteiger partial charge in [-0.2, -0.15) is 5.10 Å². The van der Waals surface area contributed by atoms with Gasteiger partial charge in [0.15, 0.2) is 0 Å². The van der Waals surface area contributed by atoms with Gasteiger partial charge in [-0.3, -0.25) is 4.68 Å². The molecular weight excluding hydrogens is 318 g/mol. The lowest BCUT2D eigenvalue weighted by Crippen LogP contribution is -2.35. The smallest absolute Gasteiger partial charge is 0.410 e. The summed E-state index contributed by atoms with van der Waals surface area (Å²) in [6.45, 7) is 7.87. The number of anilines is 1. The van der Waals surface area contributed by atoms with Crippen molar-refractivity contribution >= 4 is 11.9 Å². The first kappa shape index (κ1) is 17.3. The van der Waals surface area contributed by atoms with Gasteiger partial charge in [0.25, 0.3) is 0 Å². The molecular formula is C18H25N5O2. The Morgan fingerprint density at radius 2 is 2.12 bits per heavy atom. The molecule has 25 heavy (non-hydrogen) atoms. The van der Waals surface area contributed by atoms with E-state index >= 15 is 0 Å². The predicted molar refractivity (Wildman–Crippen MR) is 95.8 cm³/mol. The normalized spacial score (nSPS) is 17.7. The second-order valence-electron chi connectivity index (χ2n) is 7.50. The molecule has 1 aliphatic rings. The van der Waals surface area contributed by atoms with Gasteiger partial charge in [0.05, 0.1) is 6.20 Å². The highest BCUT2D eigenvalue weighted by Crippen LogP contribution is 2.23. The van der Waals surface area contributed by atoms with E-state index in [2.05, 4.69) is 10.1 Å². The Bertz CT molecular complexity index is 733. The number of rotatable bonds is 3. The number of nitrogens with two attached hydrogens (primary N) is 1. The van der Waals surface area contributed by atoms with E-state index in [-0.39, 0.29) is 6.09 Å². The molecule has 3 rings (SSSR count). The quantitative estimate of drug-likeness (QED) is 0.926. The number of aromatic nitrogens is 3. The molecule has 7 heteroatoms. The number of pyridine rings is 1. The number of likely N-dealkylation sites (tertiary alicyclic amines) is 1. The summed E-state index contributed by atoms with van der Waals surface area (Å²) < 4.78 is 7.36. The number of hydrogen-bond donors (Lipinski definition) is 1. The van der Waals surface area contributed by atoms with Crippen molar-refractivity contribution in [3.05, 3.63) is 30.7 Å². The maximum Gasteiger partial charge on any atom is 0.410 e. The van der Waals surface area contributed by atoms with Crippen LogP contribution in [0, 0.1) is 5.92 Å². The highest BCUT2D eigenvalue weighted by atomic mass is 16.6. The van der Waals surface area contributed by atoms with Crippen molar-refractivity contribution in [2.75, 3.05) is 18.8 Å². The van der Waals surface area contributed by atoms with Gasteiger partial charge in [-0.05, 0) is 45.2 Å². The van der Waals surface area contributed by atoms with Crippen LogP contribution in [0.4, 0.5) is 10.6 Å². The van der Waals surface area contributed by atoms with Gasteiger partial charge in [0.2, 0.25) is 0 Å².